The van der Waals surface area contributed by atoms with E-state index in [4.69, 9.17) is 4.74 Å². The minimum Gasteiger partial charge on any atom is -0.456 e. The maximum Gasteiger partial charge on any atom is 0.338 e. The second-order valence-electron chi connectivity index (χ2n) is 4.55. The molecule has 0 unspecified atom stereocenters. The maximum absolute atomic E-state index is 11.8. The van der Waals surface area contributed by atoms with Gasteiger partial charge in [0.15, 0.2) is 0 Å². The van der Waals surface area contributed by atoms with Crippen molar-refractivity contribution < 1.29 is 9.53 Å². The Morgan fingerprint density at radius 1 is 1.31 bits per heavy atom. The first kappa shape index (κ1) is 11.1. The average Bonchev–Trinajstić information content (AvgIpc) is 2.19. The van der Waals surface area contributed by atoms with E-state index in [1.165, 1.54) is 5.56 Å². The molecule has 1 saturated heterocycles. The number of ether oxygens (including phenoxy) is 1. The number of rotatable bonds is 2. The number of carbonyl (C=O) groups excluding carboxylic acids is 1. The molecule has 0 saturated carbocycles. The molecule has 0 N–H and O–H groups in total. The highest BCUT2D eigenvalue weighted by atomic mass is 16.5. The molecule has 0 radical (unpaired) electrons. The molecule has 0 amide bonds. The van der Waals surface area contributed by atoms with Crippen LogP contribution in [-0.4, -0.2) is 37.1 Å². The Hall–Kier alpha value is -1.35. The molecule has 3 nitrogen and oxygen atoms in total. The predicted molar refractivity (Wildman–Crippen MR) is 62.6 cm³/mol. The van der Waals surface area contributed by atoms with Crippen molar-refractivity contribution in [1.82, 2.24) is 4.90 Å². The Morgan fingerprint density at radius 3 is 2.56 bits per heavy atom. The number of hydrogen-bond donors (Lipinski definition) is 0. The number of esters is 1. The molecule has 2 rings (SSSR count). The predicted octanol–water partition coefficient (Wildman–Crippen LogP) is 1.77. The van der Waals surface area contributed by atoms with Crippen LogP contribution in [0.1, 0.15) is 21.5 Å². The first-order valence-corrected chi connectivity index (χ1v) is 5.53. The second kappa shape index (κ2) is 4.26. The summed E-state index contributed by atoms with van der Waals surface area (Å²) in [5, 5.41) is 0. The number of nitrogens with zero attached hydrogens (tertiary/aromatic N) is 1. The van der Waals surface area contributed by atoms with Crippen LogP contribution in [0.2, 0.25) is 0 Å². The molecule has 0 aliphatic carbocycles. The lowest BCUT2D eigenvalue weighted by Gasteiger charge is -2.35. The SMILES string of the molecule is Cc1ccc(C(=O)OC2CN(C)C2)cc1C. The molecule has 1 fully saturated rings. The van der Waals surface area contributed by atoms with Gasteiger partial charge in [-0.15, -0.1) is 0 Å². The summed E-state index contributed by atoms with van der Waals surface area (Å²) >= 11 is 0. The molecule has 1 heterocycles. The quantitative estimate of drug-likeness (QED) is 0.710. The molecule has 1 aliphatic heterocycles. The highest BCUT2D eigenvalue weighted by Crippen LogP contribution is 2.14. The van der Waals surface area contributed by atoms with Crippen LogP contribution in [0.25, 0.3) is 0 Å². The Kier molecular flexibility index (Phi) is 2.97. The summed E-state index contributed by atoms with van der Waals surface area (Å²) in [4.78, 5) is 13.9. The van der Waals surface area contributed by atoms with E-state index in [0.717, 1.165) is 18.7 Å². The van der Waals surface area contributed by atoms with Gasteiger partial charge in [0.05, 0.1) is 5.56 Å². The van der Waals surface area contributed by atoms with Crippen LogP contribution < -0.4 is 0 Å². The van der Waals surface area contributed by atoms with Gasteiger partial charge >= 0.3 is 5.97 Å². The Bertz CT molecular complexity index is 408. The van der Waals surface area contributed by atoms with Crippen LogP contribution in [0.4, 0.5) is 0 Å². The third-order valence-corrected chi connectivity index (χ3v) is 3.05. The van der Waals surface area contributed by atoms with Crippen molar-refractivity contribution in [2.45, 2.75) is 20.0 Å². The molecule has 0 aromatic heterocycles. The van der Waals surface area contributed by atoms with E-state index < -0.39 is 0 Å². The zero-order chi connectivity index (χ0) is 11.7. The van der Waals surface area contributed by atoms with E-state index in [9.17, 15) is 4.79 Å². The zero-order valence-electron chi connectivity index (χ0n) is 9.99. The van der Waals surface area contributed by atoms with Gasteiger partial charge in [0, 0.05) is 13.1 Å². The fourth-order valence-electron chi connectivity index (χ4n) is 1.80. The highest BCUT2D eigenvalue weighted by molar-refractivity contribution is 5.89. The summed E-state index contributed by atoms with van der Waals surface area (Å²) in [6.07, 6.45) is 0.0686. The van der Waals surface area contributed by atoms with Crippen molar-refractivity contribution in [2.75, 3.05) is 20.1 Å². The summed E-state index contributed by atoms with van der Waals surface area (Å²) in [5.74, 6) is -0.207. The lowest BCUT2D eigenvalue weighted by molar-refractivity contribution is -0.0212. The van der Waals surface area contributed by atoms with Crippen molar-refractivity contribution in [1.29, 1.82) is 0 Å². The lowest BCUT2D eigenvalue weighted by Crippen LogP contribution is -2.50. The molecule has 1 aromatic rings. The van der Waals surface area contributed by atoms with Gasteiger partial charge in [-0.25, -0.2) is 4.79 Å². The van der Waals surface area contributed by atoms with Gasteiger partial charge in [0.2, 0.25) is 0 Å². The number of likely N-dealkylation sites (N-methyl/N-ethyl adjacent to an activating group) is 1. The van der Waals surface area contributed by atoms with Crippen molar-refractivity contribution in [3.8, 4) is 0 Å². The van der Waals surface area contributed by atoms with Crippen molar-refractivity contribution >= 4 is 5.97 Å². The number of hydrogen-bond acceptors (Lipinski definition) is 3. The van der Waals surface area contributed by atoms with Gasteiger partial charge in [-0.05, 0) is 44.2 Å². The largest absolute Gasteiger partial charge is 0.456 e. The van der Waals surface area contributed by atoms with Crippen LogP contribution in [0.3, 0.4) is 0 Å². The van der Waals surface area contributed by atoms with Gasteiger partial charge < -0.3 is 4.74 Å². The maximum atomic E-state index is 11.8. The number of likely N-dealkylation sites (tertiary alicyclic amines) is 1. The van der Waals surface area contributed by atoms with Crippen LogP contribution in [-0.2, 0) is 4.74 Å². The van der Waals surface area contributed by atoms with E-state index >= 15 is 0 Å². The average molecular weight is 219 g/mol. The number of carbonyl (C=O) groups is 1. The molecular weight excluding hydrogens is 202 g/mol. The van der Waals surface area contributed by atoms with Crippen LogP contribution >= 0.6 is 0 Å². The van der Waals surface area contributed by atoms with Gasteiger partial charge in [-0.2, -0.15) is 0 Å². The summed E-state index contributed by atoms with van der Waals surface area (Å²) in [6.45, 7) is 5.72. The summed E-state index contributed by atoms with van der Waals surface area (Å²) in [7, 11) is 2.01. The van der Waals surface area contributed by atoms with Gasteiger partial charge in [-0.3, -0.25) is 4.90 Å². The lowest BCUT2D eigenvalue weighted by atomic mass is 10.1. The Labute approximate surface area is 96.0 Å². The number of benzene rings is 1. The standard InChI is InChI=1S/C13H17NO2/c1-9-4-5-11(6-10(9)2)13(15)16-12-7-14(3)8-12/h4-6,12H,7-8H2,1-3H3. The minimum absolute atomic E-state index is 0.0686. The molecule has 3 heteroatoms. The topological polar surface area (TPSA) is 29.5 Å². The zero-order valence-corrected chi connectivity index (χ0v) is 9.99. The Morgan fingerprint density at radius 2 is 2.00 bits per heavy atom. The second-order valence-corrected chi connectivity index (χ2v) is 4.55. The van der Waals surface area contributed by atoms with E-state index in [0.29, 0.717) is 5.56 Å². The van der Waals surface area contributed by atoms with Crippen molar-refractivity contribution in [3.63, 3.8) is 0 Å². The van der Waals surface area contributed by atoms with E-state index in [2.05, 4.69) is 4.90 Å². The monoisotopic (exact) mass is 219 g/mol. The number of aryl methyl sites for hydroxylation is 2. The molecular formula is C13H17NO2. The first-order chi connectivity index (χ1) is 7.56. The normalized spacial score (nSPS) is 16.9. The van der Waals surface area contributed by atoms with Crippen LogP contribution in [0.15, 0.2) is 18.2 Å². The molecule has 1 aromatic carbocycles. The summed E-state index contributed by atoms with van der Waals surface area (Å²) in [5.41, 5.74) is 2.97. The highest BCUT2D eigenvalue weighted by Gasteiger charge is 2.27. The summed E-state index contributed by atoms with van der Waals surface area (Å²) < 4.78 is 5.36. The first-order valence-electron chi connectivity index (χ1n) is 5.53. The smallest absolute Gasteiger partial charge is 0.338 e. The minimum atomic E-state index is -0.207. The fourth-order valence-corrected chi connectivity index (χ4v) is 1.80. The van der Waals surface area contributed by atoms with Crippen molar-refractivity contribution in [3.05, 3.63) is 34.9 Å². The molecule has 0 bridgehead atoms. The van der Waals surface area contributed by atoms with Gasteiger partial charge in [0.1, 0.15) is 6.10 Å². The molecule has 0 atom stereocenters. The molecule has 16 heavy (non-hydrogen) atoms. The summed E-state index contributed by atoms with van der Waals surface area (Å²) in [6, 6.07) is 5.67. The third-order valence-electron chi connectivity index (χ3n) is 3.05. The van der Waals surface area contributed by atoms with Crippen LogP contribution in [0, 0.1) is 13.8 Å². The Balaban J connectivity index is 2.01. The van der Waals surface area contributed by atoms with E-state index in [-0.39, 0.29) is 12.1 Å². The van der Waals surface area contributed by atoms with Gasteiger partial charge in [0.25, 0.3) is 0 Å². The molecule has 0 spiro atoms. The third kappa shape index (κ3) is 2.25. The van der Waals surface area contributed by atoms with E-state index in [1.807, 2.05) is 39.1 Å². The molecule has 1 aliphatic rings. The van der Waals surface area contributed by atoms with Crippen LogP contribution in [0.5, 0.6) is 0 Å². The van der Waals surface area contributed by atoms with E-state index in [1.54, 1.807) is 0 Å². The molecule has 86 valence electrons. The van der Waals surface area contributed by atoms with Crippen molar-refractivity contribution in [2.24, 2.45) is 0 Å². The van der Waals surface area contributed by atoms with Gasteiger partial charge in [-0.1, -0.05) is 6.07 Å². The fraction of sp³-hybridized carbons (Fsp3) is 0.462.